The molecule has 150 valence electrons. The number of rotatable bonds is 2. The van der Waals surface area contributed by atoms with Crippen LogP contribution in [0, 0.1) is 28.6 Å². The Labute approximate surface area is 163 Å². The molecule has 0 aromatic heterocycles. The summed E-state index contributed by atoms with van der Waals surface area (Å²) in [6, 6.07) is 0. The van der Waals surface area contributed by atoms with Gasteiger partial charge in [-0.05, 0) is 74.5 Å². The van der Waals surface area contributed by atoms with Gasteiger partial charge < -0.3 is 9.47 Å². The minimum Gasteiger partial charge on any atom is -0.463 e. The molecule has 0 aromatic rings. The van der Waals surface area contributed by atoms with Crippen molar-refractivity contribution >= 4 is 11.9 Å². The van der Waals surface area contributed by atoms with Crippen LogP contribution in [0.4, 0.5) is 0 Å². The molecule has 2 unspecified atom stereocenters. The number of allylic oxidation sites excluding steroid dienone is 2. The van der Waals surface area contributed by atoms with Crippen molar-refractivity contribution in [1.29, 1.82) is 0 Å². The molecule has 4 aliphatic rings. The summed E-state index contributed by atoms with van der Waals surface area (Å²) in [5, 5.41) is 0. The Kier molecular flexibility index (Phi) is 4.67. The lowest BCUT2D eigenvalue weighted by molar-refractivity contribution is -0.153. The minimum absolute atomic E-state index is 0.0723. The fourth-order valence-electron chi connectivity index (χ4n) is 7.18. The maximum atomic E-state index is 11.6. The molecule has 3 saturated carbocycles. The normalized spacial score (nSPS) is 45.8. The minimum atomic E-state index is -0.146. The lowest BCUT2D eigenvalue weighted by atomic mass is 9.49. The molecule has 27 heavy (non-hydrogen) atoms. The van der Waals surface area contributed by atoms with Crippen LogP contribution in [-0.4, -0.2) is 24.1 Å². The lowest BCUT2D eigenvalue weighted by Crippen LogP contribution is -2.49. The van der Waals surface area contributed by atoms with Crippen molar-refractivity contribution in [2.75, 3.05) is 0 Å². The maximum Gasteiger partial charge on any atom is 0.302 e. The molecule has 0 aromatic carbocycles. The van der Waals surface area contributed by atoms with Gasteiger partial charge in [-0.2, -0.15) is 0 Å². The quantitative estimate of drug-likeness (QED) is 0.514. The number of hydrogen-bond acceptors (Lipinski definition) is 4. The summed E-state index contributed by atoms with van der Waals surface area (Å²) >= 11 is 0. The molecule has 0 spiro atoms. The zero-order valence-electron chi connectivity index (χ0n) is 17.3. The molecule has 0 saturated heterocycles. The van der Waals surface area contributed by atoms with E-state index in [9.17, 15) is 9.59 Å². The highest BCUT2D eigenvalue weighted by atomic mass is 16.5. The predicted octanol–water partition coefficient (Wildman–Crippen LogP) is 4.81. The molecule has 0 bridgehead atoms. The van der Waals surface area contributed by atoms with Gasteiger partial charge in [0.2, 0.25) is 0 Å². The van der Waals surface area contributed by atoms with Gasteiger partial charge in [-0.3, -0.25) is 9.59 Å². The van der Waals surface area contributed by atoms with Crippen LogP contribution >= 0.6 is 0 Å². The summed E-state index contributed by atoms with van der Waals surface area (Å²) in [6.45, 7) is 7.86. The van der Waals surface area contributed by atoms with Crippen LogP contribution in [0.25, 0.3) is 0 Å². The molecule has 3 fully saturated rings. The van der Waals surface area contributed by atoms with Crippen LogP contribution in [0.15, 0.2) is 11.6 Å². The highest BCUT2D eigenvalue weighted by Crippen LogP contribution is 2.64. The highest BCUT2D eigenvalue weighted by Gasteiger charge is 2.58. The summed E-state index contributed by atoms with van der Waals surface area (Å²) in [6.07, 6.45) is 11.5. The number of carbonyl (C=O) groups excluding carboxylic acids is 2. The van der Waals surface area contributed by atoms with E-state index in [1.54, 1.807) is 5.57 Å². The zero-order valence-corrected chi connectivity index (χ0v) is 17.3. The third kappa shape index (κ3) is 3.03. The van der Waals surface area contributed by atoms with Gasteiger partial charge in [0.25, 0.3) is 0 Å². The van der Waals surface area contributed by atoms with E-state index in [0.29, 0.717) is 17.8 Å². The molecule has 0 amide bonds. The molecule has 4 aliphatic carbocycles. The Balaban J connectivity index is 1.56. The van der Waals surface area contributed by atoms with E-state index in [1.807, 2.05) is 0 Å². The molecular weight excluding hydrogens is 340 g/mol. The van der Waals surface area contributed by atoms with Crippen molar-refractivity contribution in [2.45, 2.75) is 91.3 Å². The average molecular weight is 375 g/mol. The molecule has 0 radical (unpaired) electrons. The second kappa shape index (κ2) is 6.63. The monoisotopic (exact) mass is 374 g/mol. The molecule has 0 N–H and O–H groups in total. The average Bonchev–Trinajstić information content (AvgIpc) is 2.91. The number of esters is 2. The number of fused-ring (bicyclic) bond motifs is 5. The molecule has 4 rings (SSSR count). The van der Waals surface area contributed by atoms with Crippen molar-refractivity contribution in [3.8, 4) is 0 Å². The summed E-state index contributed by atoms with van der Waals surface area (Å²) in [5.41, 5.74) is 2.02. The third-order valence-electron chi connectivity index (χ3n) is 8.53. The van der Waals surface area contributed by atoms with E-state index in [1.165, 1.54) is 33.1 Å². The van der Waals surface area contributed by atoms with Crippen LogP contribution in [0.2, 0.25) is 0 Å². The first-order valence-electron chi connectivity index (χ1n) is 10.8. The first-order valence-corrected chi connectivity index (χ1v) is 10.8. The Morgan fingerprint density at radius 1 is 1.00 bits per heavy atom. The van der Waals surface area contributed by atoms with Crippen LogP contribution in [0.1, 0.15) is 79.1 Å². The number of carbonyl (C=O) groups is 2. The van der Waals surface area contributed by atoms with E-state index in [4.69, 9.17) is 9.47 Å². The number of ether oxygens (including phenoxy) is 2. The lowest BCUT2D eigenvalue weighted by Gasteiger charge is -2.56. The molecule has 0 aliphatic heterocycles. The second-order valence-corrected chi connectivity index (χ2v) is 9.96. The van der Waals surface area contributed by atoms with E-state index in [-0.39, 0.29) is 35.0 Å². The van der Waals surface area contributed by atoms with Crippen LogP contribution in [0.3, 0.4) is 0 Å². The van der Waals surface area contributed by atoms with Crippen LogP contribution in [-0.2, 0) is 19.1 Å². The zero-order chi connectivity index (χ0) is 19.4. The highest BCUT2D eigenvalue weighted by molar-refractivity contribution is 5.66. The van der Waals surface area contributed by atoms with Gasteiger partial charge in [0.05, 0.1) is 0 Å². The summed E-state index contributed by atoms with van der Waals surface area (Å²) in [5.74, 6) is 1.60. The van der Waals surface area contributed by atoms with Crippen LogP contribution < -0.4 is 0 Å². The standard InChI is InChI=1S/C23H34O4/c1-14(24)26-17-9-11-22(3)16(13-17)5-6-18-19-7-8-21(27-15(2)25)23(19,4)12-10-20(18)22/h10,16-19,21H,5-9,11-13H2,1-4H3/t16-,17-,18?,19?,21+,22+,23+/m1/s1. The van der Waals surface area contributed by atoms with Gasteiger partial charge in [0.1, 0.15) is 12.2 Å². The van der Waals surface area contributed by atoms with Gasteiger partial charge in [-0.25, -0.2) is 0 Å². The molecule has 4 heteroatoms. The van der Waals surface area contributed by atoms with E-state index >= 15 is 0 Å². The first kappa shape index (κ1) is 19.0. The topological polar surface area (TPSA) is 52.6 Å². The largest absolute Gasteiger partial charge is 0.463 e. The SMILES string of the molecule is CC(=O)O[C@@H]1CC[C@]2(C)C3=CC[C@@]4(C)C(CC[C@@H]4OC(C)=O)C3CC[C@@H]2C1. The molecule has 0 heterocycles. The van der Waals surface area contributed by atoms with Gasteiger partial charge in [0, 0.05) is 19.3 Å². The third-order valence-corrected chi connectivity index (χ3v) is 8.53. The first-order chi connectivity index (χ1) is 12.7. The van der Waals surface area contributed by atoms with E-state index < -0.39 is 0 Å². The summed E-state index contributed by atoms with van der Waals surface area (Å²) in [4.78, 5) is 22.9. The Bertz CT molecular complexity index is 667. The predicted molar refractivity (Wildman–Crippen MR) is 103 cm³/mol. The Morgan fingerprint density at radius 2 is 1.74 bits per heavy atom. The Morgan fingerprint density at radius 3 is 2.44 bits per heavy atom. The van der Waals surface area contributed by atoms with E-state index in [0.717, 1.165) is 32.1 Å². The molecule has 4 nitrogen and oxygen atoms in total. The molecule has 7 atom stereocenters. The smallest absolute Gasteiger partial charge is 0.302 e. The van der Waals surface area contributed by atoms with Crippen molar-refractivity contribution in [3.63, 3.8) is 0 Å². The fraction of sp³-hybridized carbons (Fsp3) is 0.826. The van der Waals surface area contributed by atoms with Gasteiger partial charge in [0.15, 0.2) is 0 Å². The van der Waals surface area contributed by atoms with Gasteiger partial charge in [-0.1, -0.05) is 25.5 Å². The molecular formula is C23H34O4. The summed E-state index contributed by atoms with van der Waals surface area (Å²) < 4.78 is 11.3. The fourth-order valence-corrected chi connectivity index (χ4v) is 7.18. The Hall–Kier alpha value is -1.32. The van der Waals surface area contributed by atoms with Crippen molar-refractivity contribution < 1.29 is 19.1 Å². The van der Waals surface area contributed by atoms with Crippen molar-refractivity contribution in [2.24, 2.45) is 28.6 Å². The van der Waals surface area contributed by atoms with Crippen molar-refractivity contribution in [1.82, 2.24) is 0 Å². The second-order valence-electron chi connectivity index (χ2n) is 9.96. The summed E-state index contributed by atoms with van der Waals surface area (Å²) in [7, 11) is 0. The van der Waals surface area contributed by atoms with Gasteiger partial charge in [-0.15, -0.1) is 0 Å². The van der Waals surface area contributed by atoms with Crippen molar-refractivity contribution in [3.05, 3.63) is 11.6 Å². The van der Waals surface area contributed by atoms with Gasteiger partial charge >= 0.3 is 11.9 Å². The maximum absolute atomic E-state index is 11.6. The van der Waals surface area contributed by atoms with E-state index in [2.05, 4.69) is 19.9 Å². The van der Waals surface area contributed by atoms with Crippen LogP contribution in [0.5, 0.6) is 0 Å². The number of hydrogen-bond donors (Lipinski definition) is 0.